The number of carbonyl (C=O) groups is 3. The molecule has 0 bridgehead atoms. The van der Waals surface area contributed by atoms with Crippen molar-refractivity contribution in [2.45, 2.75) is 168 Å². The molecule has 0 heterocycles. The van der Waals surface area contributed by atoms with E-state index in [2.05, 4.69) is 19.1 Å². The van der Waals surface area contributed by atoms with Gasteiger partial charge in [-0.1, -0.05) is 110 Å². The molecular formula is C32H60NO6+. The molecule has 3 atom stereocenters. The number of carboxylic acid groups (broad SMARTS) is 3. The highest BCUT2D eigenvalue weighted by Crippen LogP contribution is 2.32. The summed E-state index contributed by atoms with van der Waals surface area (Å²) in [7, 11) is 0. The minimum Gasteiger partial charge on any atom is -0.477 e. The molecule has 7 nitrogen and oxygen atoms in total. The van der Waals surface area contributed by atoms with Gasteiger partial charge in [-0.3, -0.25) is 4.48 Å². The predicted octanol–water partition coefficient (Wildman–Crippen LogP) is 8.21. The molecule has 3 unspecified atom stereocenters. The molecule has 228 valence electrons. The Kier molecular flexibility index (Phi) is 21.8. The van der Waals surface area contributed by atoms with E-state index in [9.17, 15) is 29.7 Å². The van der Waals surface area contributed by atoms with Crippen LogP contribution in [0, 0.1) is 0 Å². The van der Waals surface area contributed by atoms with Crippen LogP contribution in [0.5, 0.6) is 0 Å². The number of unbranched alkanes of at least 4 members (excludes halogenated alkanes) is 14. The second-order valence-electron chi connectivity index (χ2n) is 11.2. The number of rotatable bonds is 27. The fraction of sp³-hybridized carbons (Fsp3) is 0.844. The molecule has 0 aliphatic carbocycles. The number of allylic oxidation sites excluding steroid dienone is 2. The van der Waals surface area contributed by atoms with Crippen LogP contribution in [0.4, 0.5) is 0 Å². The van der Waals surface area contributed by atoms with Gasteiger partial charge in [-0.25, -0.2) is 14.4 Å². The lowest BCUT2D eigenvalue weighted by Crippen LogP contribution is -2.72. The number of hydrogen-bond acceptors (Lipinski definition) is 3. The van der Waals surface area contributed by atoms with Crippen LogP contribution in [0.15, 0.2) is 12.2 Å². The van der Waals surface area contributed by atoms with E-state index in [1.54, 1.807) is 20.8 Å². The minimum atomic E-state index is -1.11. The Morgan fingerprint density at radius 3 is 1.13 bits per heavy atom. The fourth-order valence-electron chi connectivity index (χ4n) is 6.27. The molecule has 0 spiro atoms. The third-order valence-corrected chi connectivity index (χ3v) is 8.29. The van der Waals surface area contributed by atoms with Crippen molar-refractivity contribution in [1.29, 1.82) is 0 Å². The summed E-state index contributed by atoms with van der Waals surface area (Å²) < 4.78 is -0.404. The fourth-order valence-corrected chi connectivity index (χ4v) is 6.27. The Morgan fingerprint density at radius 1 is 0.513 bits per heavy atom. The second kappa shape index (κ2) is 22.9. The second-order valence-corrected chi connectivity index (χ2v) is 11.2. The summed E-state index contributed by atoms with van der Waals surface area (Å²) in [5.41, 5.74) is 0. The largest absolute Gasteiger partial charge is 0.477 e. The molecule has 0 aliphatic rings. The standard InChI is InChI=1S/C32H59NO6/c1-5-9-10-11-12-13-14-15-16-17-18-19-20-21-22-23-24-25-26-33(27(6-2)30(34)35,28(7-3)31(36)37)29(8-4)32(38)39/h10-11,27-29H,5-9,12-26H2,1-4H3,(H2-,34,35,36,37,38,39)/p+1/b11-10+. The molecule has 0 saturated carbocycles. The molecule has 0 aromatic rings. The van der Waals surface area contributed by atoms with Gasteiger partial charge in [0, 0.05) is 19.3 Å². The Hall–Kier alpha value is -1.89. The van der Waals surface area contributed by atoms with Crippen LogP contribution < -0.4 is 0 Å². The Morgan fingerprint density at radius 2 is 0.821 bits per heavy atom. The highest BCUT2D eigenvalue weighted by molar-refractivity contribution is 5.78. The van der Waals surface area contributed by atoms with Crippen molar-refractivity contribution in [3.05, 3.63) is 12.2 Å². The summed E-state index contributed by atoms with van der Waals surface area (Å²) in [6.45, 7) is 7.60. The summed E-state index contributed by atoms with van der Waals surface area (Å²) >= 11 is 0. The van der Waals surface area contributed by atoms with Gasteiger partial charge in [-0.15, -0.1) is 0 Å². The van der Waals surface area contributed by atoms with Gasteiger partial charge in [0.1, 0.15) is 0 Å². The third-order valence-electron chi connectivity index (χ3n) is 8.29. The topological polar surface area (TPSA) is 112 Å². The van der Waals surface area contributed by atoms with Gasteiger partial charge in [0.05, 0.1) is 6.54 Å². The van der Waals surface area contributed by atoms with E-state index in [1.165, 1.54) is 77.0 Å². The lowest BCUT2D eigenvalue weighted by atomic mass is 9.93. The van der Waals surface area contributed by atoms with Gasteiger partial charge in [0.25, 0.3) is 0 Å². The van der Waals surface area contributed by atoms with E-state index in [4.69, 9.17) is 0 Å². The van der Waals surface area contributed by atoms with E-state index >= 15 is 0 Å². The quantitative estimate of drug-likeness (QED) is 0.0536. The number of quaternary nitrogens is 1. The number of aliphatic carboxylic acids is 3. The normalized spacial score (nSPS) is 15.6. The van der Waals surface area contributed by atoms with Crippen molar-refractivity contribution in [2.75, 3.05) is 6.54 Å². The molecule has 0 saturated heterocycles. The number of hydrogen-bond donors (Lipinski definition) is 3. The summed E-state index contributed by atoms with van der Waals surface area (Å²) in [6.07, 6.45) is 24.0. The zero-order chi connectivity index (χ0) is 29.5. The van der Waals surface area contributed by atoms with Crippen molar-refractivity contribution in [3.8, 4) is 0 Å². The number of nitrogens with zero attached hydrogens (tertiary/aromatic N) is 1. The maximum atomic E-state index is 12.3. The molecule has 3 N–H and O–H groups in total. The first-order valence-electron chi connectivity index (χ1n) is 15.9. The van der Waals surface area contributed by atoms with Crippen molar-refractivity contribution >= 4 is 17.9 Å². The van der Waals surface area contributed by atoms with Crippen molar-refractivity contribution < 1.29 is 34.2 Å². The number of carboxylic acids is 3. The average Bonchev–Trinajstić information content (AvgIpc) is 2.88. The first-order chi connectivity index (χ1) is 18.7. The first kappa shape index (κ1) is 37.1. The molecule has 39 heavy (non-hydrogen) atoms. The van der Waals surface area contributed by atoms with Crippen LogP contribution in [0.25, 0.3) is 0 Å². The van der Waals surface area contributed by atoms with Crippen molar-refractivity contribution in [3.63, 3.8) is 0 Å². The average molecular weight is 555 g/mol. The summed E-state index contributed by atoms with van der Waals surface area (Å²) in [5.74, 6) is -3.34. The molecular weight excluding hydrogens is 494 g/mol. The highest BCUT2D eigenvalue weighted by atomic mass is 16.4. The van der Waals surface area contributed by atoms with Crippen LogP contribution in [-0.4, -0.2) is 62.4 Å². The molecule has 0 radical (unpaired) electrons. The Balaban J connectivity index is 4.55. The molecule has 0 amide bonds. The van der Waals surface area contributed by atoms with Gasteiger partial charge in [-0.2, -0.15) is 0 Å². The smallest absolute Gasteiger partial charge is 0.362 e. The van der Waals surface area contributed by atoms with Crippen LogP contribution in [-0.2, 0) is 14.4 Å². The van der Waals surface area contributed by atoms with Crippen molar-refractivity contribution in [1.82, 2.24) is 0 Å². The van der Waals surface area contributed by atoms with Gasteiger partial charge < -0.3 is 15.3 Å². The van der Waals surface area contributed by atoms with Gasteiger partial charge >= 0.3 is 17.9 Å². The van der Waals surface area contributed by atoms with E-state index in [0.717, 1.165) is 19.3 Å². The van der Waals surface area contributed by atoms with E-state index < -0.39 is 40.5 Å². The monoisotopic (exact) mass is 554 g/mol. The lowest BCUT2D eigenvalue weighted by molar-refractivity contribution is -0.973. The van der Waals surface area contributed by atoms with Crippen molar-refractivity contribution in [2.24, 2.45) is 0 Å². The van der Waals surface area contributed by atoms with Gasteiger partial charge in [0.2, 0.25) is 0 Å². The lowest BCUT2D eigenvalue weighted by Gasteiger charge is -2.49. The van der Waals surface area contributed by atoms with E-state index in [0.29, 0.717) is 6.42 Å². The SMILES string of the molecule is CCC/C=C/CCCCCCCCCCCCCCC[N+](C(CC)C(=O)O)(C(CC)C(=O)O)C(CC)C(=O)O. The first-order valence-corrected chi connectivity index (χ1v) is 15.9. The summed E-state index contributed by atoms with van der Waals surface area (Å²) in [5, 5.41) is 30.0. The van der Waals surface area contributed by atoms with Gasteiger partial charge in [0.15, 0.2) is 18.1 Å². The van der Waals surface area contributed by atoms with Crippen LogP contribution in [0.3, 0.4) is 0 Å². The molecule has 0 fully saturated rings. The highest BCUT2D eigenvalue weighted by Gasteiger charge is 2.55. The van der Waals surface area contributed by atoms with Crippen LogP contribution >= 0.6 is 0 Å². The maximum absolute atomic E-state index is 12.3. The van der Waals surface area contributed by atoms with Gasteiger partial charge in [-0.05, 0) is 32.1 Å². The third kappa shape index (κ3) is 13.8. The molecule has 0 aromatic heterocycles. The predicted molar refractivity (Wildman–Crippen MR) is 159 cm³/mol. The Bertz CT molecular complexity index is 637. The zero-order valence-electron chi connectivity index (χ0n) is 25.5. The maximum Gasteiger partial charge on any atom is 0.362 e. The summed E-state index contributed by atoms with van der Waals surface area (Å²) in [6, 6.07) is -3.18. The Labute approximate surface area is 238 Å². The van der Waals surface area contributed by atoms with E-state index in [-0.39, 0.29) is 25.8 Å². The zero-order valence-corrected chi connectivity index (χ0v) is 25.5. The molecule has 0 aromatic carbocycles. The van der Waals surface area contributed by atoms with Crippen LogP contribution in [0.2, 0.25) is 0 Å². The van der Waals surface area contributed by atoms with Crippen LogP contribution in [0.1, 0.15) is 150 Å². The molecule has 7 heteroatoms. The summed E-state index contributed by atoms with van der Waals surface area (Å²) in [4.78, 5) is 36.8. The van der Waals surface area contributed by atoms with E-state index in [1.807, 2.05) is 0 Å². The molecule has 0 rings (SSSR count). The molecule has 0 aliphatic heterocycles. The minimum absolute atomic E-state index is 0.194.